The van der Waals surface area contributed by atoms with Crippen LogP contribution in [-0.4, -0.2) is 25.1 Å². The summed E-state index contributed by atoms with van der Waals surface area (Å²) < 4.78 is 6.56. The summed E-state index contributed by atoms with van der Waals surface area (Å²) in [6, 6.07) is 5.75. The van der Waals surface area contributed by atoms with Crippen molar-refractivity contribution >= 4 is 21.8 Å². The lowest BCUT2D eigenvalue weighted by Crippen LogP contribution is -2.36. The van der Waals surface area contributed by atoms with Crippen LogP contribution in [0.2, 0.25) is 0 Å². The monoisotopic (exact) mass is 326 g/mol. The van der Waals surface area contributed by atoms with Crippen molar-refractivity contribution in [1.82, 2.24) is 5.32 Å². The van der Waals surface area contributed by atoms with Gasteiger partial charge in [-0.25, -0.2) is 0 Å². The van der Waals surface area contributed by atoms with Crippen molar-refractivity contribution in [3.63, 3.8) is 0 Å². The minimum absolute atomic E-state index is 0.172. The number of nitrogens with one attached hydrogen (secondary N) is 1. The maximum atomic E-state index is 11.8. The van der Waals surface area contributed by atoms with E-state index >= 15 is 0 Å². The average molecular weight is 327 g/mol. The van der Waals surface area contributed by atoms with Crippen LogP contribution in [0.3, 0.4) is 0 Å². The van der Waals surface area contributed by atoms with E-state index in [9.17, 15) is 4.79 Å². The van der Waals surface area contributed by atoms with Crippen LogP contribution in [-0.2, 0) is 11.2 Å². The summed E-state index contributed by atoms with van der Waals surface area (Å²) in [5, 5.41) is 2.70. The second-order valence-corrected chi connectivity index (χ2v) is 4.92. The molecule has 1 rings (SSSR count). The van der Waals surface area contributed by atoms with Crippen LogP contribution < -0.4 is 15.8 Å². The third-order valence-electron chi connectivity index (χ3n) is 2.55. The van der Waals surface area contributed by atoms with E-state index in [2.05, 4.69) is 27.8 Å². The number of amides is 1. The summed E-state index contributed by atoms with van der Waals surface area (Å²) in [6.07, 6.45) is 1.76. The highest BCUT2D eigenvalue weighted by Gasteiger charge is 2.17. The van der Waals surface area contributed by atoms with Crippen molar-refractivity contribution in [2.45, 2.75) is 19.4 Å². The van der Waals surface area contributed by atoms with Crippen molar-refractivity contribution in [2.24, 2.45) is 5.73 Å². The number of hydrogen-bond acceptors (Lipinski definition) is 3. The average Bonchev–Trinajstić information content (AvgIpc) is 2.40. The summed E-state index contributed by atoms with van der Waals surface area (Å²) in [5.74, 6) is 0.503. The van der Waals surface area contributed by atoms with Gasteiger partial charge in [-0.15, -0.1) is 6.58 Å². The summed E-state index contributed by atoms with van der Waals surface area (Å²) in [5.41, 5.74) is 6.56. The van der Waals surface area contributed by atoms with Gasteiger partial charge in [0.2, 0.25) is 0 Å². The Morgan fingerprint density at radius 1 is 1.63 bits per heavy atom. The molecular formula is C14H19BrN2O2. The fourth-order valence-electron chi connectivity index (χ4n) is 1.58. The molecule has 0 fully saturated rings. The molecule has 1 atom stereocenters. The number of carbonyl (C=O) groups is 1. The smallest absolute Gasteiger partial charge is 0.261 e. The molecule has 4 nitrogen and oxygen atoms in total. The van der Waals surface area contributed by atoms with Crippen LogP contribution in [0.4, 0.5) is 0 Å². The van der Waals surface area contributed by atoms with Gasteiger partial charge in [-0.05, 0) is 47.4 Å². The first kappa shape index (κ1) is 15.7. The van der Waals surface area contributed by atoms with Gasteiger partial charge in [-0.3, -0.25) is 4.79 Å². The molecule has 0 aliphatic carbocycles. The molecule has 3 N–H and O–H groups in total. The molecule has 0 spiro atoms. The molecule has 0 aliphatic rings. The maximum Gasteiger partial charge on any atom is 0.261 e. The Hall–Kier alpha value is -1.33. The molecule has 0 radical (unpaired) electrons. The Labute approximate surface area is 122 Å². The standard InChI is InChI=1S/C14H19BrN2O2/c1-3-9-17-14(18)10(2)19-13-11(7-8-16)5-4-6-12(13)15/h3-6,10H,1,7-9,16H2,2H3,(H,17,18). The molecule has 0 aliphatic heterocycles. The van der Waals surface area contributed by atoms with Crippen LogP contribution in [0, 0.1) is 0 Å². The molecule has 0 saturated carbocycles. The molecular weight excluding hydrogens is 308 g/mol. The van der Waals surface area contributed by atoms with Crippen LogP contribution in [0.5, 0.6) is 5.75 Å². The van der Waals surface area contributed by atoms with Crippen LogP contribution in [0.25, 0.3) is 0 Å². The quantitative estimate of drug-likeness (QED) is 0.753. The SMILES string of the molecule is C=CCNC(=O)C(C)Oc1c(Br)cccc1CCN. The molecule has 1 unspecified atom stereocenters. The molecule has 0 saturated heterocycles. The molecule has 1 aromatic rings. The fourth-order valence-corrected chi connectivity index (χ4v) is 2.09. The van der Waals surface area contributed by atoms with Gasteiger partial charge in [0.1, 0.15) is 5.75 Å². The molecule has 0 bridgehead atoms. The lowest BCUT2D eigenvalue weighted by molar-refractivity contribution is -0.127. The number of benzene rings is 1. The van der Waals surface area contributed by atoms with Crippen molar-refractivity contribution in [3.8, 4) is 5.75 Å². The Bertz CT molecular complexity index is 449. The Balaban J connectivity index is 2.80. The Morgan fingerprint density at radius 3 is 3.00 bits per heavy atom. The molecule has 104 valence electrons. The number of ether oxygens (including phenoxy) is 1. The van der Waals surface area contributed by atoms with Crippen molar-refractivity contribution in [1.29, 1.82) is 0 Å². The van der Waals surface area contributed by atoms with Gasteiger partial charge in [0, 0.05) is 6.54 Å². The van der Waals surface area contributed by atoms with E-state index in [4.69, 9.17) is 10.5 Å². The highest BCUT2D eigenvalue weighted by molar-refractivity contribution is 9.10. The molecule has 19 heavy (non-hydrogen) atoms. The summed E-state index contributed by atoms with van der Waals surface area (Å²) in [6.45, 7) is 6.22. The van der Waals surface area contributed by atoms with Gasteiger partial charge >= 0.3 is 0 Å². The zero-order chi connectivity index (χ0) is 14.3. The molecule has 1 amide bonds. The largest absolute Gasteiger partial charge is 0.479 e. The predicted octanol–water partition coefficient (Wildman–Crippen LogP) is 2.02. The van der Waals surface area contributed by atoms with Gasteiger partial charge in [0.05, 0.1) is 4.47 Å². The zero-order valence-corrected chi connectivity index (χ0v) is 12.6. The highest BCUT2D eigenvalue weighted by Crippen LogP contribution is 2.30. The van der Waals surface area contributed by atoms with Gasteiger partial charge in [-0.2, -0.15) is 0 Å². The maximum absolute atomic E-state index is 11.8. The lowest BCUT2D eigenvalue weighted by Gasteiger charge is -2.18. The summed E-state index contributed by atoms with van der Waals surface area (Å²) in [7, 11) is 0. The number of halogens is 1. The first-order valence-corrected chi connectivity index (χ1v) is 6.92. The van der Waals surface area contributed by atoms with Gasteiger partial charge < -0.3 is 15.8 Å². The number of carbonyl (C=O) groups excluding carboxylic acids is 1. The highest BCUT2D eigenvalue weighted by atomic mass is 79.9. The van der Waals surface area contributed by atoms with Gasteiger partial charge in [0.25, 0.3) is 5.91 Å². The molecule has 0 heterocycles. The number of nitrogens with two attached hydrogens (primary N) is 1. The van der Waals surface area contributed by atoms with Gasteiger partial charge in [-0.1, -0.05) is 18.2 Å². The second-order valence-electron chi connectivity index (χ2n) is 4.06. The first-order valence-electron chi connectivity index (χ1n) is 6.12. The summed E-state index contributed by atoms with van der Waals surface area (Å²) in [4.78, 5) is 11.8. The van der Waals surface area contributed by atoms with E-state index in [-0.39, 0.29) is 5.91 Å². The minimum atomic E-state index is -0.574. The number of rotatable bonds is 7. The summed E-state index contributed by atoms with van der Waals surface area (Å²) >= 11 is 3.43. The number of para-hydroxylation sites is 1. The topological polar surface area (TPSA) is 64.3 Å². The van der Waals surface area contributed by atoms with Gasteiger partial charge in [0.15, 0.2) is 6.10 Å². The van der Waals surface area contributed by atoms with E-state index in [0.29, 0.717) is 25.3 Å². The second kappa shape index (κ2) is 7.96. The van der Waals surface area contributed by atoms with Crippen molar-refractivity contribution in [2.75, 3.05) is 13.1 Å². The Morgan fingerprint density at radius 2 is 2.37 bits per heavy atom. The van der Waals surface area contributed by atoms with E-state index < -0.39 is 6.10 Å². The van der Waals surface area contributed by atoms with Crippen LogP contribution >= 0.6 is 15.9 Å². The van der Waals surface area contributed by atoms with E-state index in [1.807, 2.05) is 18.2 Å². The van der Waals surface area contributed by atoms with E-state index in [0.717, 1.165) is 10.0 Å². The number of hydrogen-bond donors (Lipinski definition) is 2. The zero-order valence-electron chi connectivity index (χ0n) is 11.0. The normalized spacial score (nSPS) is 11.7. The third kappa shape index (κ3) is 4.69. The van der Waals surface area contributed by atoms with E-state index in [1.165, 1.54) is 0 Å². The van der Waals surface area contributed by atoms with Crippen LogP contribution in [0.15, 0.2) is 35.3 Å². The van der Waals surface area contributed by atoms with E-state index in [1.54, 1.807) is 13.0 Å². The minimum Gasteiger partial charge on any atom is -0.479 e. The lowest BCUT2D eigenvalue weighted by atomic mass is 10.1. The third-order valence-corrected chi connectivity index (χ3v) is 3.17. The Kier molecular flexibility index (Phi) is 6.59. The predicted molar refractivity (Wildman–Crippen MR) is 80.2 cm³/mol. The molecule has 5 heteroatoms. The fraction of sp³-hybridized carbons (Fsp3) is 0.357. The van der Waals surface area contributed by atoms with Crippen molar-refractivity contribution < 1.29 is 9.53 Å². The molecule has 1 aromatic carbocycles. The molecule has 0 aromatic heterocycles. The van der Waals surface area contributed by atoms with Crippen LogP contribution in [0.1, 0.15) is 12.5 Å². The first-order chi connectivity index (χ1) is 9.10. The van der Waals surface area contributed by atoms with Crippen molar-refractivity contribution in [3.05, 3.63) is 40.9 Å².